The van der Waals surface area contributed by atoms with Crippen molar-refractivity contribution >= 4 is 17.8 Å². The van der Waals surface area contributed by atoms with Crippen LogP contribution in [0.1, 0.15) is 253 Å². The van der Waals surface area contributed by atoms with E-state index in [1.165, 1.54) is 122 Å². The molecule has 2 fully saturated rings. The second-order valence-electron chi connectivity index (χ2n) is 19.6. The summed E-state index contributed by atoms with van der Waals surface area (Å²) >= 11 is 0. The van der Waals surface area contributed by atoms with Crippen LogP contribution in [0.3, 0.4) is 0 Å². The summed E-state index contributed by atoms with van der Waals surface area (Å²) in [5, 5.41) is 2.80. The Morgan fingerprint density at radius 3 is 1.55 bits per heavy atom. The number of nitrogens with one attached hydrogen (secondary N) is 1. The van der Waals surface area contributed by atoms with E-state index in [0.717, 1.165) is 57.8 Å². The van der Waals surface area contributed by atoms with Crippen LogP contribution in [-0.4, -0.2) is 79.8 Å². The molecule has 11 heteroatoms. The molecule has 0 aromatic carbocycles. The fourth-order valence-electron chi connectivity index (χ4n) is 9.06. The van der Waals surface area contributed by atoms with Crippen molar-refractivity contribution in [3.63, 3.8) is 0 Å². The molecule has 2 aliphatic rings. The van der Waals surface area contributed by atoms with E-state index in [1.807, 2.05) is 0 Å². The molecule has 0 saturated carbocycles. The third kappa shape index (κ3) is 27.5. The molecule has 0 bridgehead atoms. The van der Waals surface area contributed by atoms with Crippen LogP contribution in [0, 0.1) is 0 Å². The van der Waals surface area contributed by atoms with E-state index in [9.17, 15) is 14.4 Å². The summed E-state index contributed by atoms with van der Waals surface area (Å²) < 4.78 is 53.2. The highest BCUT2D eigenvalue weighted by Gasteiger charge is 2.54. The number of halogens is 1. The number of alkyl halides is 1. The number of esters is 2. The zero-order valence-corrected chi connectivity index (χ0v) is 42.3. The fraction of sp³-hybridized carbons (Fsp3) is 0.907. The lowest BCUT2D eigenvalue weighted by molar-refractivity contribution is -0.368. The van der Waals surface area contributed by atoms with Crippen molar-refractivity contribution in [2.24, 2.45) is 0 Å². The van der Waals surface area contributed by atoms with Crippen LogP contribution < -0.4 is 5.32 Å². The molecular formula is C54H98FNO9. The minimum atomic E-state index is -2.16. The number of ether oxygens (including phenoxy) is 6. The molecule has 0 spiro atoms. The van der Waals surface area contributed by atoms with Gasteiger partial charge in [0.15, 0.2) is 18.2 Å². The van der Waals surface area contributed by atoms with Crippen LogP contribution in [0.15, 0.2) is 12.7 Å². The Morgan fingerprint density at radius 1 is 0.662 bits per heavy atom. The number of carbonyl (C=O) groups is 3. The van der Waals surface area contributed by atoms with E-state index >= 15 is 4.39 Å². The molecule has 0 aromatic rings. The average molecular weight is 924 g/mol. The molecule has 7 atom stereocenters. The van der Waals surface area contributed by atoms with Crippen LogP contribution >= 0.6 is 0 Å². The predicted molar refractivity (Wildman–Crippen MR) is 260 cm³/mol. The molecule has 2 rings (SSSR count). The van der Waals surface area contributed by atoms with Crippen molar-refractivity contribution in [3.8, 4) is 0 Å². The van der Waals surface area contributed by atoms with Gasteiger partial charge >= 0.3 is 11.9 Å². The molecule has 2 heterocycles. The van der Waals surface area contributed by atoms with Crippen LogP contribution in [0.25, 0.3) is 0 Å². The van der Waals surface area contributed by atoms with Crippen molar-refractivity contribution in [3.05, 3.63) is 12.7 Å². The van der Waals surface area contributed by atoms with Crippen LogP contribution in [0.2, 0.25) is 0 Å². The quantitative estimate of drug-likeness (QED) is 0.0363. The lowest BCUT2D eigenvalue weighted by atomic mass is 9.94. The molecule has 0 aromatic heterocycles. The first kappa shape index (κ1) is 59.0. The standard InChI is InChI=1S/C54H98FNO9/c1-7-11-14-17-20-23-25-28-31-34-37-40-46(57)62-44(39-36-33-30-27-22-19-16-13-9-3)48(55)52(59)56-49-51(50-45(43-61-54(5,6)65-50)63-53(49)60-42-10-4)64-47(58)41-38-35-32-29-26-24-21-18-15-12-8-2/h10,44-45,48-51,53H,4,7-9,11-43H2,1-3,5-6H3,(H,56,59)/t44-,45+,48+,49+,50+,51+,53+/m0/s1. The maximum Gasteiger partial charge on any atom is 0.306 e. The van der Waals surface area contributed by atoms with Gasteiger partial charge in [-0.2, -0.15) is 0 Å². The number of carbonyl (C=O) groups excluding carboxylic acids is 3. The topological polar surface area (TPSA) is 119 Å². The van der Waals surface area contributed by atoms with Crippen molar-refractivity contribution in [1.29, 1.82) is 0 Å². The highest BCUT2D eigenvalue weighted by atomic mass is 19.1. The Bertz CT molecular complexity index is 1220. The second kappa shape index (κ2) is 37.8. The summed E-state index contributed by atoms with van der Waals surface area (Å²) in [6.45, 7) is 14.2. The summed E-state index contributed by atoms with van der Waals surface area (Å²) in [5.41, 5.74) is 0. The third-order valence-corrected chi connectivity index (χ3v) is 13.0. The first-order chi connectivity index (χ1) is 31.6. The lowest BCUT2D eigenvalue weighted by Gasteiger charge is -2.50. The third-order valence-electron chi connectivity index (χ3n) is 13.0. The molecular weight excluding hydrogens is 826 g/mol. The van der Waals surface area contributed by atoms with Gasteiger partial charge in [-0.15, -0.1) is 6.58 Å². The Morgan fingerprint density at radius 2 is 1.09 bits per heavy atom. The predicted octanol–water partition coefficient (Wildman–Crippen LogP) is 14.0. The van der Waals surface area contributed by atoms with Gasteiger partial charge in [-0.3, -0.25) is 14.4 Å². The molecule has 0 radical (unpaired) electrons. The number of hydrogen-bond donors (Lipinski definition) is 1. The number of rotatable bonds is 42. The molecule has 1 N–H and O–H groups in total. The van der Waals surface area contributed by atoms with Gasteiger partial charge in [0.2, 0.25) is 6.17 Å². The molecule has 2 saturated heterocycles. The van der Waals surface area contributed by atoms with E-state index in [0.29, 0.717) is 19.3 Å². The Hall–Kier alpha value is -2.08. The Kier molecular flexibility index (Phi) is 34.4. The normalized spacial score (nSPS) is 21.3. The van der Waals surface area contributed by atoms with Crippen molar-refractivity contribution < 1.29 is 47.2 Å². The Labute approximate surface area is 396 Å². The first-order valence-electron chi connectivity index (χ1n) is 27.1. The number of hydrogen-bond acceptors (Lipinski definition) is 9. The molecule has 1 amide bonds. The van der Waals surface area contributed by atoms with Crippen molar-refractivity contribution in [1.82, 2.24) is 5.32 Å². The summed E-state index contributed by atoms with van der Waals surface area (Å²) in [4.78, 5) is 40.8. The number of fused-ring (bicyclic) bond motifs is 1. The van der Waals surface area contributed by atoms with Crippen molar-refractivity contribution in [2.75, 3.05) is 13.2 Å². The zero-order chi connectivity index (χ0) is 47.4. The van der Waals surface area contributed by atoms with Gasteiger partial charge in [-0.05, 0) is 39.5 Å². The second-order valence-corrected chi connectivity index (χ2v) is 19.6. The average Bonchev–Trinajstić information content (AvgIpc) is 3.28. The number of unbranched alkanes of at least 4 members (excludes halogenated alkanes) is 28. The Balaban J connectivity index is 2.10. The van der Waals surface area contributed by atoms with Crippen molar-refractivity contribution in [2.45, 2.75) is 302 Å². The number of amides is 1. The van der Waals surface area contributed by atoms with Gasteiger partial charge in [-0.25, -0.2) is 4.39 Å². The van der Waals surface area contributed by atoms with Crippen LogP contribution in [0.4, 0.5) is 4.39 Å². The fourth-order valence-corrected chi connectivity index (χ4v) is 9.06. The molecule has 380 valence electrons. The first-order valence-corrected chi connectivity index (χ1v) is 27.1. The van der Waals surface area contributed by atoms with E-state index < -0.39 is 66.6 Å². The van der Waals surface area contributed by atoms with E-state index in [4.69, 9.17) is 28.4 Å². The minimum Gasteiger partial charge on any atom is -0.459 e. The largest absolute Gasteiger partial charge is 0.459 e. The highest BCUT2D eigenvalue weighted by molar-refractivity contribution is 5.82. The smallest absolute Gasteiger partial charge is 0.306 e. The molecule has 0 aliphatic carbocycles. The molecule has 2 aliphatic heterocycles. The van der Waals surface area contributed by atoms with Gasteiger partial charge in [0.25, 0.3) is 5.91 Å². The van der Waals surface area contributed by atoms with Gasteiger partial charge < -0.3 is 33.7 Å². The summed E-state index contributed by atoms with van der Waals surface area (Å²) in [6, 6.07) is -1.13. The molecule has 0 unspecified atom stereocenters. The van der Waals surface area contributed by atoms with Gasteiger partial charge in [0, 0.05) is 12.8 Å². The van der Waals surface area contributed by atoms with E-state index in [2.05, 4.69) is 32.7 Å². The monoisotopic (exact) mass is 924 g/mol. The molecule has 65 heavy (non-hydrogen) atoms. The van der Waals surface area contributed by atoms with Gasteiger partial charge in [0.05, 0.1) is 13.2 Å². The van der Waals surface area contributed by atoms with Gasteiger partial charge in [0.1, 0.15) is 24.4 Å². The lowest BCUT2D eigenvalue weighted by Crippen LogP contribution is -2.70. The van der Waals surface area contributed by atoms with Crippen LogP contribution in [-0.2, 0) is 42.8 Å². The maximum atomic E-state index is 16.6. The van der Waals surface area contributed by atoms with Gasteiger partial charge in [-0.1, -0.05) is 207 Å². The SMILES string of the molecule is C=CCO[C@@H]1O[C@@H]2COC(C)(C)O[C@H]2[C@H](OC(=O)CCCCCCCCCCCCC)[C@H]1NC(=O)[C@H](F)[C@H](CCCCCCCCCCC)OC(=O)CCCCCCCCCCCCC. The maximum absolute atomic E-state index is 16.6. The van der Waals surface area contributed by atoms with E-state index in [-0.39, 0.29) is 32.5 Å². The summed E-state index contributed by atoms with van der Waals surface area (Å²) in [7, 11) is 0. The summed E-state index contributed by atoms with van der Waals surface area (Å²) in [5.74, 6) is -2.93. The minimum absolute atomic E-state index is 0.0674. The highest BCUT2D eigenvalue weighted by Crippen LogP contribution is 2.35. The summed E-state index contributed by atoms with van der Waals surface area (Å²) in [6.07, 6.45) is 30.2. The van der Waals surface area contributed by atoms with E-state index in [1.54, 1.807) is 19.9 Å². The zero-order valence-electron chi connectivity index (χ0n) is 42.3. The van der Waals surface area contributed by atoms with Crippen LogP contribution in [0.5, 0.6) is 0 Å². The molecule has 10 nitrogen and oxygen atoms in total.